The SMILES string of the molecule is O=C([C@@H]1CC[C@@H]2CCCC[C@H]2C1)N1CCN2C(=O)NC[C@@H]2C1. The van der Waals surface area contributed by atoms with E-state index < -0.39 is 0 Å². The number of rotatable bonds is 1. The van der Waals surface area contributed by atoms with Crippen LogP contribution in [0.1, 0.15) is 44.9 Å². The first-order valence-electron chi connectivity index (χ1n) is 9.05. The molecular formula is C17H27N3O2. The molecule has 0 aromatic heterocycles. The number of nitrogens with one attached hydrogen (secondary N) is 1. The lowest BCUT2D eigenvalue weighted by atomic mass is 9.67. The van der Waals surface area contributed by atoms with Gasteiger partial charge in [-0.3, -0.25) is 4.79 Å². The van der Waals surface area contributed by atoms with Crippen molar-refractivity contribution < 1.29 is 9.59 Å². The molecule has 2 heterocycles. The van der Waals surface area contributed by atoms with Crippen molar-refractivity contribution in [2.45, 2.75) is 51.0 Å². The van der Waals surface area contributed by atoms with Gasteiger partial charge in [0.15, 0.2) is 0 Å². The largest absolute Gasteiger partial charge is 0.339 e. The summed E-state index contributed by atoms with van der Waals surface area (Å²) < 4.78 is 0. The van der Waals surface area contributed by atoms with Crippen molar-refractivity contribution in [1.29, 1.82) is 0 Å². The zero-order chi connectivity index (χ0) is 15.1. The normalized spacial score (nSPS) is 38.3. The maximum atomic E-state index is 12.9. The van der Waals surface area contributed by atoms with E-state index in [1.54, 1.807) is 0 Å². The van der Waals surface area contributed by atoms with Crippen LogP contribution in [0.2, 0.25) is 0 Å². The van der Waals surface area contributed by atoms with Crippen LogP contribution in [0.4, 0.5) is 4.79 Å². The third-order valence-corrected chi connectivity index (χ3v) is 6.43. The first-order chi connectivity index (χ1) is 10.7. The Morgan fingerprint density at radius 3 is 2.73 bits per heavy atom. The summed E-state index contributed by atoms with van der Waals surface area (Å²) >= 11 is 0. The molecule has 3 amide bonds. The lowest BCUT2D eigenvalue weighted by Gasteiger charge is -2.42. The molecule has 1 N–H and O–H groups in total. The van der Waals surface area contributed by atoms with Crippen molar-refractivity contribution in [2.75, 3.05) is 26.2 Å². The van der Waals surface area contributed by atoms with Gasteiger partial charge in [-0.25, -0.2) is 4.79 Å². The Kier molecular flexibility index (Phi) is 3.74. The summed E-state index contributed by atoms with van der Waals surface area (Å²) in [4.78, 5) is 28.5. The van der Waals surface area contributed by atoms with E-state index in [0.29, 0.717) is 25.5 Å². The van der Waals surface area contributed by atoms with Crippen LogP contribution in [-0.2, 0) is 4.79 Å². The van der Waals surface area contributed by atoms with E-state index in [1.807, 2.05) is 9.80 Å². The van der Waals surface area contributed by atoms with Gasteiger partial charge in [-0.15, -0.1) is 0 Å². The lowest BCUT2D eigenvalue weighted by molar-refractivity contribution is -0.140. The highest BCUT2D eigenvalue weighted by Crippen LogP contribution is 2.43. The molecule has 0 aromatic rings. The number of fused-ring (bicyclic) bond motifs is 2. The average molecular weight is 305 g/mol. The molecular weight excluding hydrogens is 278 g/mol. The second-order valence-corrected chi connectivity index (χ2v) is 7.63. The predicted octanol–water partition coefficient (Wildman–Crippen LogP) is 1.83. The summed E-state index contributed by atoms with van der Waals surface area (Å²) in [6, 6.07) is 0.232. The molecule has 122 valence electrons. The van der Waals surface area contributed by atoms with Crippen LogP contribution in [0.15, 0.2) is 0 Å². The number of hydrogen-bond donors (Lipinski definition) is 1. The number of carbonyl (C=O) groups excluding carboxylic acids is 2. The molecule has 4 aliphatic rings. The maximum Gasteiger partial charge on any atom is 0.317 e. The van der Waals surface area contributed by atoms with Gasteiger partial charge in [0.05, 0.1) is 6.04 Å². The highest BCUT2D eigenvalue weighted by atomic mass is 16.2. The Morgan fingerprint density at radius 1 is 1.05 bits per heavy atom. The Morgan fingerprint density at radius 2 is 1.86 bits per heavy atom. The van der Waals surface area contributed by atoms with Gasteiger partial charge < -0.3 is 15.1 Å². The Hall–Kier alpha value is -1.26. The highest BCUT2D eigenvalue weighted by molar-refractivity contribution is 5.81. The highest BCUT2D eigenvalue weighted by Gasteiger charge is 2.40. The quantitative estimate of drug-likeness (QED) is 0.803. The summed E-state index contributed by atoms with van der Waals surface area (Å²) in [5.74, 6) is 2.30. The zero-order valence-corrected chi connectivity index (χ0v) is 13.3. The van der Waals surface area contributed by atoms with E-state index in [0.717, 1.165) is 31.2 Å². The van der Waals surface area contributed by atoms with Crippen molar-refractivity contribution in [2.24, 2.45) is 17.8 Å². The third kappa shape index (κ3) is 2.48. The molecule has 5 nitrogen and oxygen atoms in total. The second-order valence-electron chi connectivity index (χ2n) is 7.63. The van der Waals surface area contributed by atoms with Gasteiger partial charge in [-0.2, -0.15) is 0 Å². The van der Waals surface area contributed by atoms with E-state index in [-0.39, 0.29) is 18.0 Å². The van der Waals surface area contributed by atoms with Crippen LogP contribution in [0.3, 0.4) is 0 Å². The van der Waals surface area contributed by atoms with Crippen molar-refractivity contribution in [3.05, 3.63) is 0 Å². The van der Waals surface area contributed by atoms with Gasteiger partial charge in [-0.05, 0) is 31.1 Å². The van der Waals surface area contributed by atoms with E-state index in [2.05, 4.69) is 5.32 Å². The van der Waals surface area contributed by atoms with E-state index in [4.69, 9.17) is 0 Å². The molecule has 2 aliphatic carbocycles. The van der Waals surface area contributed by atoms with Crippen LogP contribution < -0.4 is 5.32 Å². The van der Waals surface area contributed by atoms with Gasteiger partial charge in [-0.1, -0.05) is 25.7 Å². The molecule has 4 fully saturated rings. The fourth-order valence-electron chi connectivity index (χ4n) is 5.16. The van der Waals surface area contributed by atoms with Crippen molar-refractivity contribution in [3.8, 4) is 0 Å². The number of carbonyl (C=O) groups is 2. The zero-order valence-electron chi connectivity index (χ0n) is 13.3. The van der Waals surface area contributed by atoms with E-state index >= 15 is 0 Å². The molecule has 0 radical (unpaired) electrons. The maximum absolute atomic E-state index is 12.9. The Balaban J connectivity index is 1.37. The molecule has 2 saturated heterocycles. The van der Waals surface area contributed by atoms with Gasteiger partial charge in [0.1, 0.15) is 0 Å². The minimum absolute atomic E-state index is 0.0415. The van der Waals surface area contributed by atoms with Crippen LogP contribution >= 0.6 is 0 Å². The summed E-state index contributed by atoms with van der Waals surface area (Å²) in [5, 5.41) is 2.89. The van der Waals surface area contributed by atoms with Crippen molar-refractivity contribution in [1.82, 2.24) is 15.1 Å². The smallest absolute Gasteiger partial charge is 0.317 e. The standard InChI is InChI=1S/C17H27N3O2/c21-16(14-6-5-12-3-1-2-4-13(12)9-14)19-7-8-20-15(11-19)10-18-17(20)22/h12-15H,1-11H2,(H,18,22)/t12-,13-,14+,15+/m0/s1. The molecule has 5 heteroatoms. The molecule has 22 heavy (non-hydrogen) atoms. The number of nitrogens with zero attached hydrogens (tertiary/aromatic N) is 2. The fraction of sp³-hybridized carbons (Fsp3) is 0.882. The third-order valence-electron chi connectivity index (χ3n) is 6.43. The molecule has 2 aliphatic heterocycles. The van der Waals surface area contributed by atoms with Crippen molar-refractivity contribution >= 4 is 11.9 Å². The van der Waals surface area contributed by atoms with Crippen LogP contribution in [0.25, 0.3) is 0 Å². The number of piperazine rings is 1. The predicted molar refractivity (Wildman–Crippen MR) is 83.3 cm³/mol. The number of hydrogen-bond acceptors (Lipinski definition) is 2. The van der Waals surface area contributed by atoms with E-state index in [9.17, 15) is 9.59 Å². The topological polar surface area (TPSA) is 52.7 Å². The Bertz CT molecular complexity index is 467. The molecule has 4 atom stereocenters. The minimum Gasteiger partial charge on any atom is -0.339 e. The first-order valence-corrected chi connectivity index (χ1v) is 9.05. The summed E-state index contributed by atoms with van der Waals surface area (Å²) in [7, 11) is 0. The molecule has 4 rings (SSSR count). The molecule has 0 spiro atoms. The fourth-order valence-corrected chi connectivity index (χ4v) is 5.16. The second kappa shape index (κ2) is 5.74. The summed E-state index contributed by atoms with van der Waals surface area (Å²) in [5.41, 5.74) is 0. The molecule has 2 saturated carbocycles. The summed E-state index contributed by atoms with van der Waals surface area (Å²) in [6.07, 6.45) is 8.93. The van der Waals surface area contributed by atoms with Crippen molar-refractivity contribution in [3.63, 3.8) is 0 Å². The molecule has 0 aromatic carbocycles. The number of urea groups is 1. The lowest BCUT2D eigenvalue weighted by Crippen LogP contribution is -2.55. The average Bonchev–Trinajstić information content (AvgIpc) is 2.94. The Labute approximate surface area is 132 Å². The molecule has 0 bridgehead atoms. The first kappa shape index (κ1) is 14.3. The minimum atomic E-state index is 0.0415. The van der Waals surface area contributed by atoms with Gasteiger partial charge >= 0.3 is 6.03 Å². The monoisotopic (exact) mass is 305 g/mol. The van der Waals surface area contributed by atoms with Gasteiger partial charge in [0.25, 0.3) is 0 Å². The van der Waals surface area contributed by atoms with Gasteiger partial charge in [0, 0.05) is 32.1 Å². The van der Waals surface area contributed by atoms with E-state index in [1.165, 1.54) is 32.1 Å². The van der Waals surface area contributed by atoms with Crippen LogP contribution in [0.5, 0.6) is 0 Å². The summed E-state index contributed by atoms with van der Waals surface area (Å²) in [6.45, 7) is 2.83. The van der Waals surface area contributed by atoms with Crippen LogP contribution in [0, 0.1) is 17.8 Å². The van der Waals surface area contributed by atoms with Crippen LogP contribution in [-0.4, -0.2) is 54.0 Å². The number of amides is 3. The van der Waals surface area contributed by atoms with Gasteiger partial charge in [0.2, 0.25) is 5.91 Å². The molecule has 0 unspecified atom stereocenters.